The number of nitrogens with one attached hydrogen (secondary N) is 5. The van der Waals surface area contributed by atoms with Crippen molar-refractivity contribution >= 4 is 46.1 Å². The van der Waals surface area contributed by atoms with Gasteiger partial charge < -0.3 is 31.3 Å². The van der Waals surface area contributed by atoms with Crippen molar-refractivity contribution in [2.24, 2.45) is 0 Å². The maximum absolute atomic E-state index is 12.1. The number of urea groups is 1. The molecular weight excluding hydrogens is 522 g/mol. The summed E-state index contributed by atoms with van der Waals surface area (Å²) in [5, 5.41) is 30.1. The van der Waals surface area contributed by atoms with Crippen LogP contribution in [0.25, 0.3) is 11.0 Å². The highest BCUT2D eigenvalue weighted by molar-refractivity contribution is 6.28. The second-order valence-corrected chi connectivity index (χ2v) is 11.2. The van der Waals surface area contributed by atoms with Crippen molar-refractivity contribution in [2.45, 2.75) is 44.6 Å². The molecule has 210 valence electrons. The van der Waals surface area contributed by atoms with Gasteiger partial charge in [-0.3, -0.25) is 9.89 Å². The molecule has 1 unspecified atom stereocenters. The van der Waals surface area contributed by atoms with Crippen molar-refractivity contribution in [2.75, 3.05) is 49.5 Å². The van der Waals surface area contributed by atoms with Crippen LogP contribution in [-0.4, -0.2) is 82.1 Å². The molecule has 39 heavy (non-hydrogen) atoms. The van der Waals surface area contributed by atoms with Gasteiger partial charge in [0.2, 0.25) is 11.2 Å². The molecular formula is C26H36ClN9O3. The van der Waals surface area contributed by atoms with Crippen LogP contribution in [0.4, 0.5) is 16.3 Å². The Bertz CT molecular complexity index is 1290. The van der Waals surface area contributed by atoms with Crippen LogP contribution in [0.15, 0.2) is 30.5 Å². The molecule has 4 rings (SSSR count). The predicted molar refractivity (Wildman–Crippen MR) is 151 cm³/mol. The van der Waals surface area contributed by atoms with E-state index in [1.807, 2.05) is 29.2 Å². The summed E-state index contributed by atoms with van der Waals surface area (Å²) in [5.41, 5.74) is 1.53. The normalized spacial score (nSPS) is 17.4. The smallest absolute Gasteiger partial charge is 0.319 e. The average Bonchev–Trinajstić information content (AvgIpc) is 3.51. The Morgan fingerprint density at radius 2 is 1.87 bits per heavy atom. The van der Waals surface area contributed by atoms with Crippen molar-refractivity contribution in [3.63, 3.8) is 0 Å². The van der Waals surface area contributed by atoms with Gasteiger partial charge in [-0.05, 0) is 41.1 Å². The van der Waals surface area contributed by atoms with E-state index in [0.29, 0.717) is 62.8 Å². The molecule has 1 aliphatic rings. The van der Waals surface area contributed by atoms with Gasteiger partial charge in [-0.25, -0.2) is 4.79 Å². The predicted octanol–water partition coefficient (Wildman–Crippen LogP) is 2.16. The number of rotatable bonds is 10. The van der Waals surface area contributed by atoms with Gasteiger partial charge in [-0.2, -0.15) is 15.1 Å². The molecule has 0 saturated carbocycles. The van der Waals surface area contributed by atoms with Crippen molar-refractivity contribution in [3.05, 3.63) is 41.3 Å². The molecule has 1 atom stereocenters. The number of halogens is 1. The molecule has 0 aliphatic carbocycles. The zero-order valence-corrected chi connectivity index (χ0v) is 23.2. The quantitative estimate of drug-likeness (QED) is 0.163. The Labute approximate surface area is 232 Å². The number of fused-ring (bicyclic) bond motifs is 1. The lowest BCUT2D eigenvalue weighted by Crippen LogP contribution is -2.44. The van der Waals surface area contributed by atoms with Gasteiger partial charge in [-0.1, -0.05) is 32.9 Å². The Morgan fingerprint density at radius 1 is 1.13 bits per heavy atom. The average molecular weight is 558 g/mol. The van der Waals surface area contributed by atoms with Crippen molar-refractivity contribution in [1.82, 2.24) is 36.1 Å². The summed E-state index contributed by atoms with van der Waals surface area (Å²) < 4.78 is 0. The van der Waals surface area contributed by atoms with E-state index in [4.69, 9.17) is 11.6 Å². The van der Waals surface area contributed by atoms with Crippen LogP contribution >= 0.6 is 11.6 Å². The fraction of sp³-hybridized carbons (Fsp3) is 0.500. The first-order chi connectivity index (χ1) is 18.5. The molecule has 1 fully saturated rings. The summed E-state index contributed by atoms with van der Waals surface area (Å²) in [6.07, 6.45) is 2.44. The monoisotopic (exact) mass is 557 g/mol. The van der Waals surface area contributed by atoms with Crippen LogP contribution in [0.5, 0.6) is 0 Å². The summed E-state index contributed by atoms with van der Waals surface area (Å²) in [4.78, 5) is 34.6. The number of carbonyl (C=O) groups is 2. The number of hydrogen-bond donors (Lipinski definition) is 6. The molecule has 1 aliphatic heterocycles. The van der Waals surface area contributed by atoms with E-state index < -0.39 is 5.60 Å². The van der Waals surface area contributed by atoms with Gasteiger partial charge in [0.1, 0.15) is 5.82 Å². The minimum Gasteiger partial charge on any atom is -0.387 e. The third-order valence-electron chi connectivity index (χ3n) is 6.62. The van der Waals surface area contributed by atoms with Crippen LogP contribution in [0.1, 0.15) is 39.2 Å². The third kappa shape index (κ3) is 7.78. The second-order valence-electron chi connectivity index (χ2n) is 10.8. The molecule has 3 aromatic rings. The minimum atomic E-state index is -0.964. The van der Waals surface area contributed by atoms with Crippen molar-refractivity contribution < 1.29 is 14.7 Å². The number of aliphatic hydroxyl groups is 1. The summed E-state index contributed by atoms with van der Waals surface area (Å²) in [6, 6.07) is 7.41. The third-order valence-corrected chi connectivity index (χ3v) is 6.79. The number of aromatic nitrogens is 4. The minimum absolute atomic E-state index is 0.0489. The number of anilines is 2. The highest BCUT2D eigenvalue weighted by Crippen LogP contribution is 2.30. The summed E-state index contributed by atoms with van der Waals surface area (Å²) in [6.45, 7) is 8.75. The number of hydrogen-bond acceptors (Lipinski definition) is 8. The molecule has 0 radical (unpaired) electrons. The fourth-order valence-electron chi connectivity index (χ4n) is 4.43. The van der Waals surface area contributed by atoms with Gasteiger partial charge in [0, 0.05) is 51.4 Å². The van der Waals surface area contributed by atoms with Crippen LogP contribution in [-0.2, 0) is 10.2 Å². The van der Waals surface area contributed by atoms with Gasteiger partial charge in [-0.15, -0.1) is 0 Å². The van der Waals surface area contributed by atoms with E-state index in [2.05, 4.69) is 62.2 Å². The van der Waals surface area contributed by atoms with E-state index >= 15 is 0 Å². The summed E-state index contributed by atoms with van der Waals surface area (Å²) >= 11 is 6.04. The Hall–Kier alpha value is -3.48. The molecule has 1 aromatic carbocycles. The standard InChI is InChI=1S/C26H36ClN9O3/c1-25(2,3)17-4-6-18(7-5-17)32-24(38)30-12-11-29-20(37)8-10-28-15-26(39)9-13-36(16-26)22-19-14-31-35-21(19)33-23(27)34-22/h4-7,14,28,39H,8-13,15-16H2,1-3H3,(H,29,37)(H2,30,32,38)(H,31,33,34,35). The lowest BCUT2D eigenvalue weighted by Gasteiger charge is -2.24. The van der Waals surface area contributed by atoms with Gasteiger partial charge in [0.25, 0.3) is 0 Å². The summed E-state index contributed by atoms with van der Waals surface area (Å²) in [7, 11) is 0. The Balaban J connectivity index is 1.10. The SMILES string of the molecule is CC(C)(C)c1ccc(NC(=O)NCCNC(=O)CCNCC2(O)CCN(c3nc(Cl)nc4[nH]ncc34)C2)cc1. The molecule has 1 saturated heterocycles. The van der Waals surface area contributed by atoms with E-state index in [0.717, 1.165) is 5.39 Å². The van der Waals surface area contributed by atoms with E-state index in [9.17, 15) is 14.7 Å². The molecule has 0 spiro atoms. The van der Waals surface area contributed by atoms with Gasteiger partial charge in [0.15, 0.2) is 5.65 Å². The van der Waals surface area contributed by atoms with Crippen molar-refractivity contribution in [1.29, 1.82) is 0 Å². The maximum atomic E-state index is 12.1. The lowest BCUT2D eigenvalue weighted by atomic mass is 9.87. The van der Waals surface area contributed by atoms with Crippen LogP contribution in [0.3, 0.4) is 0 Å². The topological polar surface area (TPSA) is 160 Å². The molecule has 3 heterocycles. The second kappa shape index (κ2) is 12.1. The first-order valence-corrected chi connectivity index (χ1v) is 13.4. The highest BCUT2D eigenvalue weighted by Gasteiger charge is 2.37. The Morgan fingerprint density at radius 3 is 2.62 bits per heavy atom. The lowest BCUT2D eigenvalue weighted by molar-refractivity contribution is -0.121. The van der Waals surface area contributed by atoms with Crippen LogP contribution in [0, 0.1) is 0 Å². The number of β-amino-alcohol motifs (C(OH)–C–C–N with tert-alkyl or cyclic N) is 1. The van der Waals surface area contributed by atoms with E-state index in [-0.39, 0.29) is 29.1 Å². The zero-order chi connectivity index (χ0) is 28.0. The van der Waals surface area contributed by atoms with Gasteiger partial charge in [0.05, 0.1) is 17.2 Å². The number of aromatic amines is 1. The zero-order valence-electron chi connectivity index (χ0n) is 22.5. The van der Waals surface area contributed by atoms with E-state index in [1.165, 1.54) is 5.56 Å². The molecule has 2 aromatic heterocycles. The molecule has 6 N–H and O–H groups in total. The number of H-pyrrole nitrogens is 1. The maximum Gasteiger partial charge on any atom is 0.319 e. The summed E-state index contributed by atoms with van der Waals surface area (Å²) in [5.74, 6) is 0.496. The van der Waals surface area contributed by atoms with E-state index in [1.54, 1.807) is 6.20 Å². The largest absolute Gasteiger partial charge is 0.387 e. The number of nitrogens with zero attached hydrogens (tertiary/aromatic N) is 4. The molecule has 13 heteroatoms. The molecule has 0 bridgehead atoms. The molecule has 3 amide bonds. The van der Waals surface area contributed by atoms with Crippen molar-refractivity contribution in [3.8, 4) is 0 Å². The van der Waals surface area contributed by atoms with Gasteiger partial charge >= 0.3 is 6.03 Å². The number of amides is 3. The highest BCUT2D eigenvalue weighted by atomic mass is 35.5. The van der Waals surface area contributed by atoms with Crippen LogP contribution in [0.2, 0.25) is 5.28 Å². The van der Waals surface area contributed by atoms with Crippen LogP contribution < -0.4 is 26.2 Å². The fourth-order valence-corrected chi connectivity index (χ4v) is 4.60. The number of benzene rings is 1. The molecule has 12 nitrogen and oxygen atoms in total. The Kier molecular flexibility index (Phi) is 8.88. The first-order valence-electron chi connectivity index (χ1n) is 13.0. The first kappa shape index (κ1) is 28.5. The number of carbonyl (C=O) groups excluding carboxylic acids is 2.